The van der Waals surface area contributed by atoms with Crippen LogP contribution in [0.4, 0.5) is 32.0 Å². The van der Waals surface area contributed by atoms with Crippen molar-refractivity contribution in [2.75, 3.05) is 5.32 Å². The molecule has 3 nitrogen and oxygen atoms in total. The molecule has 0 aliphatic rings. The van der Waals surface area contributed by atoms with Crippen molar-refractivity contribution in [2.24, 2.45) is 0 Å². The van der Waals surface area contributed by atoms with Crippen LogP contribution in [0.1, 0.15) is 20.8 Å². The van der Waals surface area contributed by atoms with Gasteiger partial charge in [-0.25, -0.2) is 0 Å². The van der Waals surface area contributed by atoms with Gasteiger partial charge in [-0.2, -0.15) is 26.3 Å². The van der Waals surface area contributed by atoms with Gasteiger partial charge in [-0.1, -0.05) is 11.6 Å². The van der Waals surface area contributed by atoms with E-state index in [0.29, 0.717) is 22.7 Å². The first-order chi connectivity index (χ1) is 13.9. The van der Waals surface area contributed by atoms with Gasteiger partial charge in [-0.3, -0.25) is 4.79 Å². The number of anilines is 1. The monoisotopic (exact) mass is 465 g/mol. The lowest BCUT2D eigenvalue weighted by Gasteiger charge is -2.15. The number of amides is 1. The third kappa shape index (κ3) is 5.25. The Labute approximate surface area is 174 Å². The molecule has 30 heavy (non-hydrogen) atoms. The molecule has 0 spiro atoms. The van der Waals surface area contributed by atoms with Gasteiger partial charge < -0.3 is 10.1 Å². The minimum atomic E-state index is -4.98. The minimum Gasteiger partial charge on any atom is -0.457 e. The lowest BCUT2D eigenvalue weighted by atomic mass is 10.1. The molecule has 2 aromatic carbocycles. The van der Waals surface area contributed by atoms with E-state index in [2.05, 4.69) is 5.32 Å². The van der Waals surface area contributed by atoms with Crippen LogP contribution >= 0.6 is 22.9 Å². The van der Waals surface area contributed by atoms with Gasteiger partial charge in [0.25, 0.3) is 5.91 Å². The van der Waals surface area contributed by atoms with Crippen LogP contribution in [0.15, 0.2) is 53.9 Å². The number of benzene rings is 2. The average Bonchev–Trinajstić information content (AvgIpc) is 3.08. The van der Waals surface area contributed by atoms with Gasteiger partial charge in [0.05, 0.1) is 16.1 Å². The molecule has 0 bridgehead atoms. The molecule has 1 N–H and O–H groups in total. The molecule has 0 saturated carbocycles. The van der Waals surface area contributed by atoms with Crippen molar-refractivity contribution < 1.29 is 35.9 Å². The molecule has 0 fully saturated rings. The summed E-state index contributed by atoms with van der Waals surface area (Å²) < 4.78 is 82.7. The van der Waals surface area contributed by atoms with Crippen LogP contribution in [0.3, 0.4) is 0 Å². The third-order valence-corrected chi connectivity index (χ3v) is 5.07. The first-order valence-electron chi connectivity index (χ1n) is 8.05. The van der Waals surface area contributed by atoms with Crippen molar-refractivity contribution in [1.29, 1.82) is 0 Å². The summed E-state index contributed by atoms with van der Waals surface area (Å²) in [5, 5.41) is 4.49. The number of alkyl halides is 6. The van der Waals surface area contributed by atoms with E-state index in [4.69, 9.17) is 16.3 Å². The number of nitrogens with one attached hydrogen (secondary N) is 1. The fourth-order valence-corrected chi connectivity index (χ4v) is 3.41. The molecule has 0 unspecified atom stereocenters. The molecule has 3 aromatic rings. The normalized spacial score (nSPS) is 12.0. The molecule has 0 aliphatic carbocycles. The summed E-state index contributed by atoms with van der Waals surface area (Å²) in [6.45, 7) is 0. The highest BCUT2D eigenvalue weighted by Gasteiger charge is 2.37. The van der Waals surface area contributed by atoms with Crippen LogP contribution in [-0.4, -0.2) is 5.91 Å². The zero-order valence-corrected chi connectivity index (χ0v) is 16.1. The number of halogens is 7. The number of carbonyl (C=O) groups is 1. The van der Waals surface area contributed by atoms with Crippen LogP contribution in [-0.2, 0) is 12.4 Å². The second kappa shape index (κ2) is 8.19. The maximum atomic E-state index is 12.9. The zero-order valence-electron chi connectivity index (χ0n) is 14.6. The minimum absolute atomic E-state index is 0.0151. The Morgan fingerprint density at radius 3 is 1.90 bits per heavy atom. The Morgan fingerprint density at radius 1 is 0.867 bits per heavy atom. The molecule has 0 radical (unpaired) electrons. The Balaban J connectivity index is 1.79. The Hall–Kier alpha value is -2.72. The van der Waals surface area contributed by atoms with E-state index in [1.807, 2.05) is 0 Å². The fraction of sp³-hybridized carbons (Fsp3) is 0.105. The Kier molecular flexibility index (Phi) is 6.00. The Morgan fingerprint density at radius 2 is 1.43 bits per heavy atom. The van der Waals surface area contributed by atoms with Crippen LogP contribution in [0.5, 0.6) is 11.5 Å². The summed E-state index contributed by atoms with van der Waals surface area (Å²) in [6.07, 6.45) is -9.95. The summed E-state index contributed by atoms with van der Waals surface area (Å²) in [5.41, 5.74) is -2.63. The molecule has 11 heteroatoms. The number of carbonyl (C=O) groups excluding carboxylic acids is 1. The maximum absolute atomic E-state index is 12.9. The van der Waals surface area contributed by atoms with E-state index in [-0.39, 0.29) is 16.8 Å². The van der Waals surface area contributed by atoms with Gasteiger partial charge in [0.15, 0.2) is 0 Å². The summed E-state index contributed by atoms with van der Waals surface area (Å²) in [4.78, 5) is 12.4. The van der Waals surface area contributed by atoms with Crippen LogP contribution in [0.25, 0.3) is 0 Å². The van der Waals surface area contributed by atoms with Crippen molar-refractivity contribution in [1.82, 2.24) is 0 Å². The van der Waals surface area contributed by atoms with Gasteiger partial charge in [0.2, 0.25) is 0 Å². The van der Waals surface area contributed by atoms with Crippen molar-refractivity contribution in [3.63, 3.8) is 0 Å². The number of hydrogen-bond donors (Lipinski definition) is 1. The van der Waals surface area contributed by atoms with E-state index < -0.39 is 35.1 Å². The number of thiophene rings is 1. The second-order valence-electron chi connectivity index (χ2n) is 5.92. The van der Waals surface area contributed by atoms with Crippen LogP contribution < -0.4 is 10.1 Å². The van der Waals surface area contributed by atoms with Gasteiger partial charge in [0, 0.05) is 5.69 Å². The second-order valence-corrected chi connectivity index (χ2v) is 7.24. The van der Waals surface area contributed by atoms with Crippen molar-refractivity contribution in [3.8, 4) is 11.5 Å². The molecule has 1 amide bonds. The zero-order chi connectivity index (χ0) is 22.1. The smallest absolute Gasteiger partial charge is 0.416 e. The van der Waals surface area contributed by atoms with E-state index in [1.54, 1.807) is 11.4 Å². The van der Waals surface area contributed by atoms with Crippen molar-refractivity contribution in [3.05, 3.63) is 74.9 Å². The first-order valence-corrected chi connectivity index (χ1v) is 9.31. The molecule has 1 aromatic heterocycles. The van der Waals surface area contributed by atoms with Gasteiger partial charge >= 0.3 is 12.4 Å². The topological polar surface area (TPSA) is 38.3 Å². The van der Waals surface area contributed by atoms with E-state index in [1.165, 1.54) is 24.3 Å². The predicted octanol–water partition coefficient (Wildman–Crippen LogP) is 7.48. The predicted molar refractivity (Wildman–Crippen MR) is 100 cm³/mol. The SMILES string of the molecule is O=C(Nc1ccc(Oc2cc(C(F)(F)F)cc(C(F)(F)F)c2)cc1)c1sccc1Cl. The quantitative estimate of drug-likeness (QED) is 0.405. The standard InChI is InChI=1S/C19H10ClF6NO2S/c20-15-5-6-30-16(15)17(28)27-12-1-3-13(4-2-12)29-14-8-10(18(21,22)23)7-11(9-14)19(24,25)26/h1-9H,(H,27,28). The van der Waals surface area contributed by atoms with Crippen LogP contribution in [0.2, 0.25) is 5.02 Å². The molecular weight excluding hydrogens is 456 g/mol. The van der Waals surface area contributed by atoms with Gasteiger partial charge in [-0.05, 0) is 53.9 Å². The lowest BCUT2D eigenvalue weighted by Crippen LogP contribution is -2.11. The highest BCUT2D eigenvalue weighted by atomic mass is 35.5. The molecule has 0 saturated heterocycles. The van der Waals surface area contributed by atoms with Crippen molar-refractivity contribution in [2.45, 2.75) is 12.4 Å². The third-order valence-electron chi connectivity index (χ3n) is 3.73. The lowest BCUT2D eigenvalue weighted by molar-refractivity contribution is -0.143. The maximum Gasteiger partial charge on any atom is 0.416 e. The highest BCUT2D eigenvalue weighted by Crippen LogP contribution is 2.39. The Bertz CT molecular complexity index is 1030. The summed E-state index contributed by atoms with van der Waals surface area (Å²) in [7, 11) is 0. The van der Waals surface area contributed by atoms with Crippen LogP contribution in [0, 0.1) is 0 Å². The molecule has 0 atom stereocenters. The molecule has 1 heterocycles. The van der Waals surface area contributed by atoms with E-state index in [0.717, 1.165) is 11.3 Å². The molecule has 158 valence electrons. The highest BCUT2D eigenvalue weighted by molar-refractivity contribution is 7.12. The number of ether oxygens (including phenoxy) is 1. The summed E-state index contributed by atoms with van der Waals surface area (Å²) in [6, 6.07) is 7.87. The molecular formula is C19H10ClF6NO2S. The number of rotatable bonds is 4. The largest absolute Gasteiger partial charge is 0.457 e. The molecule has 3 rings (SSSR count). The van der Waals surface area contributed by atoms with Gasteiger partial charge in [0.1, 0.15) is 16.4 Å². The van der Waals surface area contributed by atoms with E-state index in [9.17, 15) is 31.1 Å². The van der Waals surface area contributed by atoms with Gasteiger partial charge in [-0.15, -0.1) is 11.3 Å². The number of hydrogen-bond acceptors (Lipinski definition) is 3. The molecule has 0 aliphatic heterocycles. The van der Waals surface area contributed by atoms with E-state index >= 15 is 0 Å². The first kappa shape index (κ1) is 22.0. The van der Waals surface area contributed by atoms with Crippen molar-refractivity contribution >= 4 is 34.5 Å². The average molecular weight is 466 g/mol. The summed E-state index contributed by atoms with van der Waals surface area (Å²) in [5.74, 6) is -1.11. The summed E-state index contributed by atoms with van der Waals surface area (Å²) >= 11 is 7.01. The fourth-order valence-electron chi connectivity index (χ4n) is 2.37.